The fourth-order valence-electron chi connectivity index (χ4n) is 1.33. The summed E-state index contributed by atoms with van der Waals surface area (Å²) in [5, 5.41) is 3.86. The molecular formula is C10H9FN2O2. The predicted octanol–water partition coefficient (Wildman–Crippen LogP) is 1.65. The number of carbonyl (C=O) groups is 1. The van der Waals surface area contributed by atoms with Crippen molar-refractivity contribution in [1.82, 2.24) is 9.61 Å². The number of pyridine rings is 1. The van der Waals surface area contributed by atoms with Gasteiger partial charge in [0.15, 0.2) is 0 Å². The minimum Gasteiger partial charge on any atom is -0.462 e. The first kappa shape index (κ1) is 9.64. The SMILES string of the molecule is CCOC(=O)c1cnn2cc(F)ccc12. The fourth-order valence-corrected chi connectivity index (χ4v) is 1.33. The summed E-state index contributed by atoms with van der Waals surface area (Å²) in [5.74, 6) is -0.847. The van der Waals surface area contributed by atoms with Crippen molar-refractivity contribution in [3.05, 3.63) is 35.9 Å². The average molecular weight is 208 g/mol. The first-order valence-corrected chi connectivity index (χ1v) is 4.52. The van der Waals surface area contributed by atoms with Crippen molar-refractivity contribution in [3.63, 3.8) is 0 Å². The molecule has 0 saturated carbocycles. The molecule has 0 aromatic carbocycles. The van der Waals surface area contributed by atoms with Crippen LogP contribution in [0, 0.1) is 5.82 Å². The molecule has 78 valence electrons. The van der Waals surface area contributed by atoms with Crippen molar-refractivity contribution in [2.24, 2.45) is 0 Å². The average Bonchev–Trinajstić information content (AvgIpc) is 2.60. The zero-order valence-electron chi connectivity index (χ0n) is 8.11. The molecule has 0 radical (unpaired) electrons. The number of hydrogen-bond donors (Lipinski definition) is 0. The van der Waals surface area contributed by atoms with Gasteiger partial charge in [-0.2, -0.15) is 5.10 Å². The number of carbonyl (C=O) groups excluding carboxylic acids is 1. The van der Waals surface area contributed by atoms with Gasteiger partial charge in [0, 0.05) is 0 Å². The Kier molecular flexibility index (Phi) is 2.37. The van der Waals surface area contributed by atoms with Gasteiger partial charge in [-0.3, -0.25) is 0 Å². The van der Waals surface area contributed by atoms with Crippen LogP contribution in [0.15, 0.2) is 24.5 Å². The van der Waals surface area contributed by atoms with Gasteiger partial charge in [-0.15, -0.1) is 0 Å². The highest BCUT2D eigenvalue weighted by Gasteiger charge is 2.13. The van der Waals surface area contributed by atoms with Gasteiger partial charge in [0.2, 0.25) is 0 Å². The Morgan fingerprint density at radius 1 is 1.60 bits per heavy atom. The molecule has 4 nitrogen and oxygen atoms in total. The predicted molar refractivity (Wildman–Crippen MR) is 51.1 cm³/mol. The van der Waals surface area contributed by atoms with Crippen LogP contribution in [0.2, 0.25) is 0 Å². The molecule has 2 aromatic rings. The zero-order valence-corrected chi connectivity index (χ0v) is 8.11. The van der Waals surface area contributed by atoms with E-state index in [0.29, 0.717) is 17.7 Å². The van der Waals surface area contributed by atoms with Crippen molar-refractivity contribution in [2.75, 3.05) is 6.61 Å². The monoisotopic (exact) mass is 208 g/mol. The summed E-state index contributed by atoms with van der Waals surface area (Å²) in [6.07, 6.45) is 2.57. The molecule has 0 unspecified atom stereocenters. The van der Waals surface area contributed by atoms with Crippen LogP contribution in [0.25, 0.3) is 5.52 Å². The van der Waals surface area contributed by atoms with Gasteiger partial charge < -0.3 is 4.74 Å². The van der Waals surface area contributed by atoms with Crippen LogP contribution in [0.1, 0.15) is 17.3 Å². The first-order chi connectivity index (χ1) is 7.22. The third-order valence-electron chi connectivity index (χ3n) is 1.98. The quantitative estimate of drug-likeness (QED) is 0.705. The summed E-state index contributed by atoms with van der Waals surface area (Å²) in [6, 6.07) is 2.77. The van der Waals surface area contributed by atoms with Crippen molar-refractivity contribution in [2.45, 2.75) is 6.92 Å². The third kappa shape index (κ3) is 1.68. The normalized spacial score (nSPS) is 10.5. The van der Waals surface area contributed by atoms with Gasteiger partial charge in [-0.1, -0.05) is 0 Å². The number of ether oxygens (including phenoxy) is 1. The second-order valence-electron chi connectivity index (χ2n) is 2.96. The van der Waals surface area contributed by atoms with Crippen LogP contribution in [0.3, 0.4) is 0 Å². The number of aromatic nitrogens is 2. The Hall–Kier alpha value is -1.91. The van der Waals surface area contributed by atoms with Gasteiger partial charge in [-0.05, 0) is 19.1 Å². The lowest BCUT2D eigenvalue weighted by Crippen LogP contribution is -2.03. The topological polar surface area (TPSA) is 43.6 Å². The lowest BCUT2D eigenvalue weighted by molar-refractivity contribution is 0.0528. The standard InChI is InChI=1S/C10H9FN2O2/c1-2-15-10(14)8-5-12-13-6-7(11)3-4-9(8)13/h3-6H,2H2,1H3. The molecule has 0 fully saturated rings. The Bertz CT molecular complexity index is 507. The lowest BCUT2D eigenvalue weighted by atomic mass is 10.2. The van der Waals surface area contributed by atoms with Crippen molar-refractivity contribution < 1.29 is 13.9 Å². The van der Waals surface area contributed by atoms with Crippen LogP contribution in [0.5, 0.6) is 0 Å². The Morgan fingerprint density at radius 2 is 2.40 bits per heavy atom. The fraction of sp³-hybridized carbons (Fsp3) is 0.200. The van der Waals surface area contributed by atoms with Crippen LogP contribution in [-0.4, -0.2) is 22.2 Å². The molecule has 0 bridgehead atoms. The van der Waals surface area contributed by atoms with E-state index in [1.165, 1.54) is 29.0 Å². The maximum atomic E-state index is 12.8. The maximum Gasteiger partial charge on any atom is 0.341 e. The summed E-state index contributed by atoms with van der Waals surface area (Å²) in [6.45, 7) is 2.03. The summed E-state index contributed by atoms with van der Waals surface area (Å²) in [4.78, 5) is 11.4. The Morgan fingerprint density at radius 3 is 3.13 bits per heavy atom. The molecule has 15 heavy (non-hydrogen) atoms. The molecule has 0 aliphatic rings. The molecule has 0 atom stereocenters. The van der Waals surface area contributed by atoms with Crippen LogP contribution in [0.4, 0.5) is 4.39 Å². The van der Waals surface area contributed by atoms with Crippen molar-refractivity contribution in [3.8, 4) is 0 Å². The molecule has 0 aliphatic heterocycles. The van der Waals surface area contributed by atoms with Gasteiger partial charge >= 0.3 is 5.97 Å². The van der Waals surface area contributed by atoms with Gasteiger partial charge in [-0.25, -0.2) is 13.7 Å². The summed E-state index contributed by atoms with van der Waals surface area (Å²) < 4.78 is 19.0. The molecule has 2 heterocycles. The Balaban J connectivity index is 2.49. The number of rotatable bonds is 2. The molecule has 0 spiro atoms. The van der Waals surface area contributed by atoms with Gasteiger partial charge in [0.1, 0.15) is 11.4 Å². The minimum atomic E-state index is -0.445. The molecule has 2 aromatic heterocycles. The summed E-state index contributed by atoms with van der Waals surface area (Å²) in [5.41, 5.74) is 0.881. The molecular weight excluding hydrogens is 199 g/mol. The van der Waals surface area contributed by atoms with E-state index in [1.54, 1.807) is 6.92 Å². The van der Waals surface area contributed by atoms with E-state index in [2.05, 4.69) is 5.10 Å². The van der Waals surface area contributed by atoms with E-state index in [4.69, 9.17) is 4.74 Å². The molecule has 0 amide bonds. The van der Waals surface area contributed by atoms with Crippen molar-refractivity contribution in [1.29, 1.82) is 0 Å². The van der Waals surface area contributed by atoms with E-state index in [1.807, 2.05) is 0 Å². The highest BCUT2D eigenvalue weighted by Crippen LogP contribution is 2.12. The smallest absolute Gasteiger partial charge is 0.341 e. The maximum absolute atomic E-state index is 12.8. The van der Waals surface area contributed by atoms with E-state index in [-0.39, 0.29) is 0 Å². The molecule has 2 rings (SSSR count). The second-order valence-corrected chi connectivity index (χ2v) is 2.96. The molecule has 0 N–H and O–H groups in total. The number of fused-ring (bicyclic) bond motifs is 1. The van der Waals surface area contributed by atoms with Gasteiger partial charge in [0.25, 0.3) is 0 Å². The summed E-state index contributed by atoms with van der Waals surface area (Å²) >= 11 is 0. The molecule has 5 heteroatoms. The van der Waals surface area contributed by atoms with Crippen molar-refractivity contribution >= 4 is 11.5 Å². The van der Waals surface area contributed by atoms with E-state index in [0.717, 1.165) is 0 Å². The highest BCUT2D eigenvalue weighted by atomic mass is 19.1. The number of hydrogen-bond acceptors (Lipinski definition) is 3. The second kappa shape index (κ2) is 3.68. The third-order valence-corrected chi connectivity index (χ3v) is 1.98. The Labute approximate surface area is 85.3 Å². The van der Waals surface area contributed by atoms with Crippen LogP contribution >= 0.6 is 0 Å². The van der Waals surface area contributed by atoms with Crippen LogP contribution in [-0.2, 0) is 4.74 Å². The number of esters is 1. The van der Waals surface area contributed by atoms with E-state index >= 15 is 0 Å². The highest BCUT2D eigenvalue weighted by molar-refractivity contribution is 5.96. The zero-order chi connectivity index (χ0) is 10.8. The van der Waals surface area contributed by atoms with Gasteiger partial charge in [0.05, 0.1) is 24.5 Å². The summed E-state index contributed by atoms with van der Waals surface area (Å²) in [7, 11) is 0. The number of nitrogens with zero attached hydrogens (tertiary/aromatic N) is 2. The molecule has 0 aliphatic carbocycles. The first-order valence-electron chi connectivity index (χ1n) is 4.52. The van der Waals surface area contributed by atoms with Crippen LogP contribution < -0.4 is 0 Å². The van der Waals surface area contributed by atoms with E-state index in [9.17, 15) is 9.18 Å². The largest absolute Gasteiger partial charge is 0.462 e. The van der Waals surface area contributed by atoms with E-state index < -0.39 is 11.8 Å². The lowest BCUT2D eigenvalue weighted by Gasteiger charge is -1.99. The minimum absolute atomic E-state index is 0.303. The number of halogens is 1. The molecule has 0 saturated heterocycles.